The van der Waals surface area contributed by atoms with Gasteiger partial charge in [-0.05, 0) is 12.8 Å². The molecule has 4 nitrogen and oxygen atoms in total. The number of β-amino-alcohol motifs (C(OH)–C–C–N with tert-alkyl or cyclic N) is 1. The van der Waals surface area contributed by atoms with Crippen molar-refractivity contribution >= 4 is 5.82 Å². The number of aromatic amines is 1. The van der Waals surface area contributed by atoms with Crippen molar-refractivity contribution < 1.29 is 18.3 Å². The molecule has 1 aromatic heterocycles. The summed E-state index contributed by atoms with van der Waals surface area (Å²) in [6.45, 7) is 4.04. The molecule has 7 heteroatoms. The molecule has 1 unspecified atom stereocenters. The fourth-order valence-electron chi connectivity index (χ4n) is 1.90. The molecule has 1 fully saturated rings. The summed E-state index contributed by atoms with van der Waals surface area (Å²) < 4.78 is 37.9. The summed E-state index contributed by atoms with van der Waals surface area (Å²) in [4.78, 5) is 1.46. The number of anilines is 1. The number of halogens is 3. The first kappa shape index (κ1) is 14.8. The van der Waals surface area contributed by atoms with Crippen LogP contribution in [0.15, 0.2) is 12.3 Å². The van der Waals surface area contributed by atoms with Gasteiger partial charge in [0.15, 0.2) is 5.60 Å². The van der Waals surface area contributed by atoms with Gasteiger partial charge < -0.3 is 10.0 Å². The third-order valence-corrected chi connectivity index (χ3v) is 2.83. The summed E-state index contributed by atoms with van der Waals surface area (Å²) in [5.41, 5.74) is -2.61. The molecule has 0 bridgehead atoms. The summed E-state index contributed by atoms with van der Waals surface area (Å²) in [7, 11) is 0. The molecule has 1 atom stereocenters. The van der Waals surface area contributed by atoms with Crippen LogP contribution in [0.5, 0.6) is 0 Å². The van der Waals surface area contributed by atoms with E-state index >= 15 is 0 Å². The molecule has 18 heavy (non-hydrogen) atoms. The van der Waals surface area contributed by atoms with E-state index in [0.717, 1.165) is 0 Å². The van der Waals surface area contributed by atoms with Crippen LogP contribution in [0.25, 0.3) is 0 Å². The molecule has 2 heterocycles. The van der Waals surface area contributed by atoms with Crippen LogP contribution >= 0.6 is 0 Å². The van der Waals surface area contributed by atoms with Crippen molar-refractivity contribution in [2.75, 3.05) is 18.0 Å². The van der Waals surface area contributed by atoms with Gasteiger partial charge in [0, 0.05) is 12.6 Å². The van der Waals surface area contributed by atoms with Crippen LogP contribution in [0.3, 0.4) is 0 Å². The van der Waals surface area contributed by atoms with Crippen LogP contribution in [-0.2, 0) is 0 Å². The quantitative estimate of drug-likeness (QED) is 0.819. The zero-order valence-corrected chi connectivity index (χ0v) is 10.5. The number of piperidine rings is 1. The third-order valence-electron chi connectivity index (χ3n) is 2.83. The molecular weight excluding hydrogens is 247 g/mol. The topological polar surface area (TPSA) is 52.1 Å². The van der Waals surface area contributed by atoms with E-state index < -0.39 is 18.3 Å². The summed E-state index contributed by atoms with van der Waals surface area (Å²) >= 11 is 0. The number of H-pyrrole nitrogens is 1. The SMILES string of the molecule is CC.OC1(C(F)(F)F)CCCN(c2ccn[nH]2)C1. The first-order valence-electron chi connectivity index (χ1n) is 5.96. The van der Waals surface area contributed by atoms with Crippen molar-refractivity contribution in [3.8, 4) is 0 Å². The summed E-state index contributed by atoms with van der Waals surface area (Å²) in [6, 6.07) is 1.59. The molecule has 2 N–H and O–H groups in total. The molecule has 2 rings (SSSR count). The van der Waals surface area contributed by atoms with Crippen LogP contribution in [-0.4, -0.2) is 40.2 Å². The number of nitrogens with one attached hydrogen (secondary N) is 1. The van der Waals surface area contributed by atoms with Gasteiger partial charge in [-0.25, -0.2) is 0 Å². The Morgan fingerprint density at radius 2 is 2.11 bits per heavy atom. The minimum atomic E-state index is -4.59. The maximum absolute atomic E-state index is 12.6. The highest BCUT2D eigenvalue weighted by atomic mass is 19.4. The van der Waals surface area contributed by atoms with Gasteiger partial charge in [-0.3, -0.25) is 5.10 Å². The highest BCUT2D eigenvalue weighted by Gasteiger charge is 2.55. The van der Waals surface area contributed by atoms with Crippen LogP contribution in [0.2, 0.25) is 0 Å². The van der Waals surface area contributed by atoms with E-state index in [-0.39, 0.29) is 6.42 Å². The minimum Gasteiger partial charge on any atom is -0.379 e. The Morgan fingerprint density at radius 1 is 1.44 bits per heavy atom. The van der Waals surface area contributed by atoms with Gasteiger partial charge in [-0.2, -0.15) is 18.3 Å². The number of rotatable bonds is 1. The van der Waals surface area contributed by atoms with E-state index in [2.05, 4.69) is 10.2 Å². The van der Waals surface area contributed by atoms with E-state index in [1.807, 2.05) is 13.8 Å². The second-order valence-corrected chi connectivity index (χ2v) is 4.00. The van der Waals surface area contributed by atoms with E-state index in [1.54, 1.807) is 6.07 Å². The van der Waals surface area contributed by atoms with E-state index in [4.69, 9.17) is 0 Å². The zero-order valence-electron chi connectivity index (χ0n) is 10.5. The highest BCUT2D eigenvalue weighted by Crippen LogP contribution is 2.37. The van der Waals surface area contributed by atoms with Gasteiger partial charge in [-0.1, -0.05) is 13.8 Å². The van der Waals surface area contributed by atoms with Gasteiger partial charge >= 0.3 is 6.18 Å². The molecule has 1 aromatic rings. The van der Waals surface area contributed by atoms with Crippen LogP contribution in [0.1, 0.15) is 26.7 Å². The third kappa shape index (κ3) is 2.95. The lowest BCUT2D eigenvalue weighted by molar-refractivity contribution is -0.261. The van der Waals surface area contributed by atoms with Crippen molar-refractivity contribution in [3.05, 3.63) is 12.3 Å². The minimum absolute atomic E-state index is 0.249. The van der Waals surface area contributed by atoms with Gasteiger partial charge in [0.1, 0.15) is 5.82 Å². The fourth-order valence-corrected chi connectivity index (χ4v) is 1.90. The summed E-state index contributed by atoms with van der Waals surface area (Å²) in [6.07, 6.45) is -3.07. The smallest absolute Gasteiger partial charge is 0.379 e. The van der Waals surface area contributed by atoms with E-state index in [0.29, 0.717) is 18.8 Å². The largest absolute Gasteiger partial charge is 0.418 e. The first-order chi connectivity index (χ1) is 8.42. The molecule has 0 aliphatic carbocycles. The van der Waals surface area contributed by atoms with Crippen molar-refractivity contribution in [1.29, 1.82) is 0 Å². The summed E-state index contributed by atoms with van der Waals surface area (Å²) in [5, 5.41) is 15.8. The van der Waals surface area contributed by atoms with Gasteiger partial charge in [-0.15, -0.1) is 0 Å². The second-order valence-electron chi connectivity index (χ2n) is 4.00. The lowest BCUT2D eigenvalue weighted by atomic mass is 9.92. The predicted molar refractivity (Wildman–Crippen MR) is 62.4 cm³/mol. The van der Waals surface area contributed by atoms with E-state index in [1.165, 1.54) is 11.1 Å². The highest BCUT2D eigenvalue weighted by molar-refractivity contribution is 5.38. The van der Waals surface area contributed by atoms with Gasteiger partial charge in [0.25, 0.3) is 0 Å². The molecule has 0 saturated carbocycles. The molecule has 1 aliphatic heterocycles. The van der Waals surface area contributed by atoms with Crippen molar-refractivity contribution in [2.45, 2.75) is 38.5 Å². The Hall–Kier alpha value is -1.24. The van der Waals surface area contributed by atoms with Crippen LogP contribution < -0.4 is 4.90 Å². The van der Waals surface area contributed by atoms with E-state index in [9.17, 15) is 18.3 Å². The molecule has 1 saturated heterocycles. The second kappa shape index (κ2) is 5.60. The average molecular weight is 265 g/mol. The standard InChI is InChI=1S/C9H12F3N3O.C2H6/c10-9(11,12)8(16)3-1-5-15(6-8)7-2-4-13-14-7;1-2/h2,4,16H,1,3,5-6H2,(H,13,14);1-2H3. The summed E-state index contributed by atoms with van der Waals surface area (Å²) in [5.74, 6) is 0.502. The maximum Gasteiger partial charge on any atom is 0.418 e. The zero-order chi connectivity index (χ0) is 13.8. The predicted octanol–water partition coefficient (Wildman–Crippen LogP) is 2.33. The van der Waals surface area contributed by atoms with Gasteiger partial charge in [0.2, 0.25) is 0 Å². The maximum atomic E-state index is 12.6. The number of hydrogen-bond donors (Lipinski definition) is 2. The fraction of sp³-hybridized carbons (Fsp3) is 0.727. The normalized spacial score (nSPS) is 24.4. The Morgan fingerprint density at radius 3 is 2.61 bits per heavy atom. The van der Waals surface area contributed by atoms with Crippen molar-refractivity contribution in [2.24, 2.45) is 0 Å². The molecule has 0 amide bonds. The van der Waals surface area contributed by atoms with Crippen molar-refractivity contribution in [3.63, 3.8) is 0 Å². The Bertz CT molecular complexity index is 353. The number of nitrogens with zero attached hydrogens (tertiary/aromatic N) is 2. The lowest BCUT2D eigenvalue weighted by Crippen LogP contribution is -2.57. The Balaban J connectivity index is 0.000000771. The number of aromatic nitrogens is 2. The molecular formula is C11H18F3N3O. The average Bonchev–Trinajstić information content (AvgIpc) is 2.84. The van der Waals surface area contributed by atoms with Crippen LogP contribution in [0, 0.1) is 0 Å². The monoisotopic (exact) mass is 265 g/mol. The number of hydrogen-bond acceptors (Lipinski definition) is 3. The number of alkyl halides is 3. The van der Waals surface area contributed by atoms with Crippen LogP contribution in [0.4, 0.5) is 19.0 Å². The van der Waals surface area contributed by atoms with Crippen molar-refractivity contribution in [1.82, 2.24) is 10.2 Å². The Kier molecular flexibility index (Phi) is 4.61. The molecule has 0 spiro atoms. The lowest BCUT2D eigenvalue weighted by Gasteiger charge is -2.40. The van der Waals surface area contributed by atoms with Gasteiger partial charge in [0.05, 0.1) is 12.7 Å². The molecule has 104 valence electrons. The molecule has 0 aromatic carbocycles. The first-order valence-corrected chi connectivity index (χ1v) is 5.96. The Labute approximate surface area is 104 Å². The number of aliphatic hydroxyl groups is 1. The molecule has 1 aliphatic rings. The molecule has 0 radical (unpaired) electrons.